The van der Waals surface area contributed by atoms with Gasteiger partial charge in [0.05, 0.1) is 5.52 Å². The molecule has 0 aliphatic carbocycles. The van der Waals surface area contributed by atoms with Gasteiger partial charge in [-0.15, -0.1) is 0 Å². The lowest BCUT2D eigenvalue weighted by Crippen LogP contribution is -2.45. The molecule has 2 aromatic rings. The Kier molecular flexibility index (Phi) is 4.06. The van der Waals surface area contributed by atoms with Gasteiger partial charge in [0, 0.05) is 50.3 Å². The van der Waals surface area contributed by atoms with Crippen LogP contribution in [0.15, 0.2) is 30.5 Å². The van der Waals surface area contributed by atoms with Crippen LogP contribution in [-0.2, 0) is 6.54 Å². The number of fused-ring (bicyclic) bond motifs is 1. The van der Waals surface area contributed by atoms with E-state index < -0.39 is 0 Å². The van der Waals surface area contributed by atoms with Gasteiger partial charge >= 0.3 is 6.03 Å². The number of benzene rings is 1. The standard InChI is InChI=1S/C18H21FN4O/c19-15-10-13-2-1-5-20-17(13)14(11-15)12-22-7-3-16(4-8-22)23-9-6-21-18(23)24/h1-2,5,10-11,16H,3-4,6-9,12H2,(H,21,24). The predicted octanol–water partition coefficient (Wildman–Crippen LogP) is 2.36. The summed E-state index contributed by atoms with van der Waals surface area (Å²) < 4.78 is 13.9. The van der Waals surface area contributed by atoms with E-state index in [-0.39, 0.29) is 11.8 Å². The molecule has 3 heterocycles. The number of nitrogens with one attached hydrogen (secondary N) is 1. The molecule has 2 aliphatic rings. The lowest BCUT2D eigenvalue weighted by Gasteiger charge is -2.36. The number of carbonyl (C=O) groups is 1. The molecule has 24 heavy (non-hydrogen) atoms. The number of nitrogens with zero attached hydrogens (tertiary/aromatic N) is 3. The highest BCUT2D eigenvalue weighted by molar-refractivity contribution is 5.81. The molecule has 0 spiro atoms. The van der Waals surface area contributed by atoms with Gasteiger partial charge < -0.3 is 10.2 Å². The van der Waals surface area contributed by atoms with E-state index in [1.807, 2.05) is 17.0 Å². The minimum absolute atomic E-state index is 0.0637. The van der Waals surface area contributed by atoms with Crippen LogP contribution in [0.5, 0.6) is 0 Å². The summed E-state index contributed by atoms with van der Waals surface area (Å²) >= 11 is 0. The van der Waals surface area contributed by atoms with Crippen molar-refractivity contribution >= 4 is 16.9 Å². The highest BCUT2D eigenvalue weighted by Crippen LogP contribution is 2.23. The molecular formula is C18H21FN4O. The summed E-state index contributed by atoms with van der Waals surface area (Å²) in [5.41, 5.74) is 1.81. The number of halogens is 1. The fraction of sp³-hybridized carbons (Fsp3) is 0.444. The van der Waals surface area contributed by atoms with Crippen LogP contribution in [0.2, 0.25) is 0 Å². The van der Waals surface area contributed by atoms with Crippen LogP contribution in [-0.4, -0.2) is 53.0 Å². The summed E-state index contributed by atoms with van der Waals surface area (Å²) in [7, 11) is 0. The molecule has 6 heteroatoms. The quantitative estimate of drug-likeness (QED) is 0.941. The monoisotopic (exact) mass is 328 g/mol. The van der Waals surface area contributed by atoms with Crippen molar-refractivity contribution in [3.8, 4) is 0 Å². The van der Waals surface area contributed by atoms with Crippen molar-refractivity contribution in [1.82, 2.24) is 20.1 Å². The van der Waals surface area contributed by atoms with Gasteiger partial charge in [0.1, 0.15) is 5.82 Å². The number of hydrogen-bond acceptors (Lipinski definition) is 3. The van der Waals surface area contributed by atoms with Crippen LogP contribution in [0.3, 0.4) is 0 Å². The summed E-state index contributed by atoms with van der Waals surface area (Å²) in [6.07, 6.45) is 3.68. The summed E-state index contributed by atoms with van der Waals surface area (Å²) in [6.45, 7) is 4.09. The Labute approximate surface area is 140 Å². The van der Waals surface area contributed by atoms with Crippen molar-refractivity contribution < 1.29 is 9.18 Å². The van der Waals surface area contributed by atoms with Gasteiger partial charge in [-0.2, -0.15) is 0 Å². The SMILES string of the molecule is O=C1NCCN1C1CCN(Cc2cc(F)cc3cccnc23)CC1. The molecule has 0 saturated carbocycles. The van der Waals surface area contributed by atoms with Gasteiger partial charge in [0.25, 0.3) is 0 Å². The second-order valence-corrected chi connectivity index (χ2v) is 6.57. The minimum atomic E-state index is -0.214. The van der Waals surface area contributed by atoms with Crippen molar-refractivity contribution in [3.63, 3.8) is 0 Å². The fourth-order valence-corrected chi connectivity index (χ4v) is 3.81. The number of amides is 2. The zero-order chi connectivity index (χ0) is 16.5. The first kappa shape index (κ1) is 15.3. The first-order valence-electron chi connectivity index (χ1n) is 8.51. The van der Waals surface area contributed by atoms with Gasteiger partial charge in [0.2, 0.25) is 0 Å². The van der Waals surface area contributed by atoms with E-state index in [1.54, 1.807) is 12.3 Å². The second kappa shape index (κ2) is 6.36. The van der Waals surface area contributed by atoms with Crippen LogP contribution in [0, 0.1) is 5.82 Å². The van der Waals surface area contributed by atoms with E-state index in [0.717, 1.165) is 55.5 Å². The Bertz CT molecular complexity index is 758. The lowest BCUT2D eigenvalue weighted by atomic mass is 10.0. The molecule has 1 N–H and O–H groups in total. The molecule has 2 saturated heterocycles. The van der Waals surface area contributed by atoms with Gasteiger partial charge in [0.15, 0.2) is 0 Å². The molecule has 0 bridgehead atoms. The van der Waals surface area contributed by atoms with Gasteiger partial charge in [-0.25, -0.2) is 9.18 Å². The Morgan fingerprint density at radius 3 is 2.83 bits per heavy atom. The molecule has 4 rings (SSSR count). The van der Waals surface area contributed by atoms with Crippen molar-refractivity contribution in [2.24, 2.45) is 0 Å². The van der Waals surface area contributed by atoms with Crippen molar-refractivity contribution in [2.75, 3.05) is 26.2 Å². The highest BCUT2D eigenvalue weighted by Gasteiger charge is 2.30. The number of piperidine rings is 1. The largest absolute Gasteiger partial charge is 0.336 e. The van der Waals surface area contributed by atoms with Crippen molar-refractivity contribution in [1.29, 1.82) is 0 Å². The summed E-state index contributed by atoms with van der Waals surface area (Å²) in [6, 6.07) is 7.24. The maximum Gasteiger partial charge on any atom is 0.317 e. The van der Waals surface area contributed by atoms with E-state index in [9.17, 15) is 9.18 Å². The Balaban J connectivity index is 1.45. The summed E-state index contributed by atoms with van der Waals surface area (Å²) in [5.74, 6) is -0.214. The number of pyridine rings is 1. The zero-order valence-corrected chi connectivity index (χ0v) is 13.5. The van der Waals surface area contributed by atoms with Crippen molar-refractivity contribution in [2.45, 2.75) is 25.4 Å². The zero-order valence-electron chi connectivity index (χ0n) is 13.5. The lowest BCUT2D eigenvalue weighted by molar-refractivity contribution is 0.132. The Morgan fingerprint density at radius 2 is 2.08 bits per heavy atom. The van der Waals surface area contributed by atoms with Crippen LogP contribution < -0.4 is 5.32 Å². The molecule has 1 aromatic heterocycles. The molecule has 5 nitrogen and oxygen atoms in total. The fourth-order valence-electron chi connectivity index (χ4n) is 3.81. The molecule has 2 amide bonds. The van der Waals surface area contributed by atoms with E-state index in [4.69, 9.17) is 0 Å². The summed E-state index contributed by atoms with van der Waals surface area (Å²) in [4.78, 5) is 20.5. The third-order valence-corrected chi connectivity index (χ3v) is 5.03. The molecule has 0 atom stereocenters. The van der Waals surface area contributed by atoms with Crippen LogP contribution in [0.1, 0.15) is 18.4 Å². The number of likely N-dealkylation sites (tertiary alicyclic amines) is 1. The molecule has 2 aliphatic heterocycles. The number of rotatable bonds is 3. The normalized spacial score (nSPS) is 19.9. The first-order valence-corrected chi connectivity index (χ1v) is 8.51. The van der Waals surface area contributed by atoms with Gasteiger partial charge in [-0.3, -0.25) is 9.88 Å². The Hall–Kier alpha value is -2.21. The molecule has 1 aromatic carbocycles. The van der Waals surface area contributed by atoms with Crippen LogP contribution >= 0.6 is 0 Å². The molecule has 2 fully saturated rings. The van der Waals surface area contributed by atoms with E-state index in [2.05, 4.69) is 15.2 Å². The molecular weight excluding hydrogens is 307 g/mol. The smallest absolute Gasteiger partial charge is 0.317 e. The molecule has 0 radical (unpaired) electrons. The van der Waals surface area contributed by atoms with Gasteiger partial charge in [-0.1, -0.05) is 6.07 Å². The maximum absolute atomic E-state index is 13.9. The van der Waals surface area contributed by atoms with Gasteiger partial charge in [-0.05, 0) is 36.6 Å². The highest BCUT2D eigenvalue weighted by atomic mass is 19.1. The average molecular weight is 328 g/mol. The Morgan fingerprint density at radius 1 is 1.25 bits per heavy atom. The van der Waals surface area contributed by atoms with E-state index in [1.165, 1.54) is 6.07 Å². The first-order chi connectivity index (χ1) is 11.7. The third-order valence-electron chi connectivity index (χ3n) is 5.03. The van der Waals surface area contributed by atoms with E-state index >= 15 is 0 Å². The van der Waals surface area contributed by atoms with Crippen molar-refractivity contribution in [3.05, 3.63) is 41.8 Å². The maximum atomic E-state index is 13.9. The average Bonchev–Trinajstić information content (AvgIpc) is 3.01. The summed E-state index contributed by atoms with van der Waals surface area (Å²) in [5, 5.41) is 3.71. The van der Waals surface area contributed by atoms with E-state index in [0.29, 0.717) is 12.6 Å². The van der Waals surface area contributed by atoms with Crippen LogP contribution in [0.25, 0.3) is 10.9 Å². The second-order valence-electron chi connectivity index (χ2n) is 6.57. The predicted molar refractivity (Wildman–Crippen MR) is 90.1 cm³/mol. The van der Waals surface area contributed by atoms with Crippen LogP contribution in [0.4, 0.5) is 9.18 Å². The molecule has 126 valence electrons. The number of aromatic nitrogens is 1. The molecule has 0 unspecified atom stereocenters. The number of urea groups is 1. The topological polar surface area (TPSA) is 48.5 Å². The third kappa shape index (κ3) is 2.94. The number of carbonyl (C=O) groups excluding carboxylic acids is 1. The number of hydrogen-bond donors (Lipinski definition) is 1. The minimum Gasteiger partial charge on any atom is -0.336 e.